The molecule has 2 aromatic carbocycles. The number of hydrogen-bond donors (Lipinski definition) is 0. The molecule has 29 heavy (non-hydrogen) atoms. The molecule has 4 rings (SSSR count). The summed E-state index contributed by atoms with van der Waals surface area (Å²) in [6.07, 6.45) is 0.754. The molecular weight excluding hydrogens is 477 g/mol. The summed E-state index contributed by atoms with van der Waals surface area (Å²) in [7, 11) is -3.68. The fourth-order valence-electron chi connectivity index (χ4n) is 3.28. The highest BCUT2D eigenvalue weighted by molar-refractivity contribution is 9.10. The lowest BCUT2D eigenvalue weighted by molar-refractivity contribution is 0.384. The van der Waals surface area contributed by atoms with Gasteiger partial charge in [-0.3, -0.25) is 0 Å². The van der Waals surface area contributed by atoms with Crippen molar-refractivity contribution in [2.24, 2.45) is 0 Å². The lowest BCUT2D eigenvalue weighted by Crippen LogP contribution is -2.48. The second-order valence-corrected chi connectivity index (χ2v) is 10.5. The topological polar surface area (TPSA) is 53.5 Å². The maximum absolute atomic E-state index is 13.4. The summed E-state index contributed by atoms with van der Waals surface area (Å²) < 4.78 is 41.4. The molecule has 1 aromatic heterocycles. The van der Waals surface area contributed by atoms with E-state index in [1.807, 2.05) is 17.5 Å². The Morgan fingerprint density at radius 1 is 1.07 bits per heavy atom. The van der Waals surface area contributed by atoms with Gasteiger partial charge < -0.3 is 4.90 Å². The standard InChI is InChI=1S/C20H19BrFN3O2S2/c21-16-4-1-3-15(11-16)12-18-14-28-20(23-18)24-7-9-25(10-8-24)29(26,27)19-6-2-5-17(22)13-19/h1-6,11,13-14H,7-10,12H2. The van der Waals surface area contributed by atoms with Crippen molar-refractivity contribution in [3.63, 3.8) is 0 Å². The minimum Gasteiger partial charge on any atom is -0.345 e. The van der Waals surface area contributed by atoms with E-state index >= 15 is 0 Å². The van der Waals surface area contributed by atoms with Crippen LogP contribution in [0, 0.1) is 5.82 Å². The predicted octanol–water partition coefficient (Wildman–Crippen LogP) is 4.15. The Morgan fingerprint density at radius 3 is 2.55 bits per heavy atom. The molecule has 0 radical (unpaired) electrons. The third-order valence-electron chi connectivity index (χ3n) is 4.76. The highest BCUT2D eigenvalue weighted by Gasteiger charge is 2.29. The molecule has 0 N–H and O–H groups in total. The van der Waals surface area contributed by atoms with Crippen LogP contribution in [0.15, 0.2) is 63.3 Å². The van der Waals surface area contributed by atoms with Crippen LogP contribution in [0.2, 0.25) is 0 Å². The summed E-state index contributed by atoms with van der Waals surface area (Å²) in [6.45, 7) is 1.80. The number of benzene rings is 2. The molecular formula is C20H19BrFN3O2S2. The van der Waals surface area contributed by atoms with Gasteiger partial charge in [-0.1, -0.05) is 34.1 Å². The van der Waals surface area contributed by atoms with Crippen LogP contribution >= 0.6 is 27.3 Å². The van der Waals surface area contributed by atoms with Crippen LogP contribution in [0.3, 0.4) is 0 Å². The van der Waals surface area contributed by atoms with Crippen molar-refractivity contribution in [3.05, 3.63) is 75.5 Å². The molecule has 0 saturated carbocycles. The molecule has 1 saturated heterocycles. The van der Waals surface area contributed by atoms with Crippen molar-refractivity contribution in [2.75, 3.05) is 31.1 Å². The van der Waals surface area contributed by atoms with Crippen LogP contribution in [0.25, 0.3) is 0 Å². The molecule has 0 aliphatic carbocycles. The molecule has 1 aliphatic rings. The maximum atomic E-state index is 13.4. The first-order chi connectivity index (χ1) is 13.9. The number of hydrogen-bond acceptors (Lipinski definition) is 5. The molecule has 9 heteroatoms. The van der Waals surface area contributed by atoms with E-state index in [0.29, 0.717) is 26.2 Å². The van der Waals surface area contributed by atoms with E-state index in [9.17, 15) is 12.8 Å². The molecule has 0 atom stereocenters. The van der Waals surface area contributed by atoms with E-state index in [-0.39, 0.29) is 4.90 Å². The van der Waals surface area contributed by atoms with Gasteiger partial charge in [0, 0.05) is 42.5 Å². The van der Waals surface area contributed by atoms with Gasteiger partial charge in [0.1, 0.15) is 5.82 Å². The summed E-state index contributed by atoms with van der Waals surface area (Å²) in [4.78, 5) is 6.83. The Labute approximate surface area is 182 Å². The van der Waals surface area contributed by atoms with Gasteiger partial charge in [-0.25, -0.2) is 17.8 Å². The minimum absolute atomic E-state index is 0.00323. The van der Waals surface area contributed by atoms with Crippen molar-refractivity contribution in [3.8, 4) is 0 Å². The quantitative estimate of drug-likeness (QED) is 0.533. The van der Waals surface area contributed by atoms with Crippen molar-refractivity contribution in [1.82, 2.24) is 9.29 Å². The number of rotatable bonds is 5. The van der Waals surface area contributed by atoms with E-state index in [2.05, 4.69) is 33.0 Å². The van der Waals surface area contributed by atoms with E-state index in [1.54, 1.807) is 11.3 Å². The van der Waals surface area contributed by atoms with Crippen molar-refractivity contribution in [2.45, 2.75) is 11.3 Å². The summed E-state index contributed by atoms with van der Waals surface area (Å²) in [5.41, 5.74) is 2.18. The van der Waals surface area contributed by atoms with Gasteiger partial charge in [-0.15, -0.1) is 11.3 Å². The van der Waals surface area contributed by atoms with E-state index in [1.165, 1.54) is 28.1 Å². The highest BCUT2D eigenvalue weighted by Crippen LogP contribution is 2.26. The number of nitrogens with zero attached hydrogens (tertiary/aromatic N) is 3. The molecule has 2 heterocycles. The van der Waals surface area contributed by atoms with Crippen molar-refractivity contribution >= 4 is 42.4 Å². The summed E-state index contributed by atoms with van der Waals surface area (Å²) in [6, 6.07) is 13.3. The molecule has 0 spiro atoms. The lowest BCUT2D eigenvalue weighted by atomic mass is 10.1. The second kappa shape index (κ2) is 8.51. The maximum Gasteiger partial charge on any atom is 0.243 e. The number of piperazine rings is 1. The third kappa shape index (κ3) is 4.69. The van der Waals surface area contributed by atoms with Crippen LogP contribution in [-0.2, 0) is 16.4 Å². The average molecular weight is 496 g/mol. The molecule has 3 aromatic rings. The number of sulfonamides is 1. The highest BCUT2D eigenvalue weighted by atomic mass is 79.9. The van der Waals surface area contributed by atoms with Crippen LogP contribution in [0.1, 0.15) is 11.3 Å². The number of anilines is 1. The van der Waals surface area contributed by atoms with Gasteiger partial charge in [0.15, 0.2) is 5.13 Å². The normalized spacial score (nSPS) is 15.6. The van der Waals surface area contributed by atoms with Gasteiger partial charge in [0.2, 0.25) is 10.0 Å². The number of aromatic nitrogens is 1. The largest absolute Gasteiger partial charge is 0.345 e. The monoisotopic (exact) mass is 495 g/mol. The van der Waals surface area contributed by atoms with Crippen molar-refractivity contribution < 1.29 is 12.8 Å². The Bertz CT molecular complexity index is 1110. The molecule has 0 bridgehead atoms. The SMILES string of the molecule is O=S(=O)(c1cccc(F)c1)N1CCN(c2nc(Cc3cccc(Br)c3)cs2)CC1. The van der Waals surface area contributed by atoms with Crippen LogP contribution < -0.4 is 4.90 Å². The number of halogens is 2. The summed E-state index contributed by atoms with van der Waals surface area (Å²) in [5.74, 6) is -0.550. The van der Waals surface area contributed by atoms with E-state index in [0.717, 1.165) is 27.8 Å². The first-order valence-electron chi connectivity index (χ1n) is 9.11. The molecule has 1 aliphatic heterocycles. The zero-order valence-corrected chi connectivity index (χ0v) is 18.7. The molecule has 5 nitrogen and oxygen atoms in total. The van der Waals surface area contributed by atoms with Crippen LogP contribution in [0.4, 0.5) is 9.52 Å². The van der Waals surface area contributed by atoms with Gasteiger partial charge in [-0.05, 0) is 35.9 Å². The Balaban J connectivity index is 1.40. The van der Waals surface area contributed by atoms with Gasteiger partial charge >= 0.3 is 0 Å². The fraction of sp³-hybridized carbons (Fsp3) is 0.250. The molecule has 0 unspecified atom stereocenters. The van der Waals surface area contributed by atoms with Crippen molar-refractivity contribution in [1.29, 1.82) is 0 Å². The average Bonchev–Trinajstić information content (AvgIpc) is 3.16. The van der Waals surface area contributed by atoms with Crippen LogP contribution in [-0.4, -0.2) is 43.9 Å². The smallest absolute Gasteiger partial charge is 0.243 e. The zero-order chi connectivity index (χ0) is 20.4. The Hall–Kier alpha value is -1.81. The van der Waals surface area contributed by atoms with Gasteiger partial charge in [-0.2, -0.15) is 4.31 Å². The zero-order valence-electron chi connectivity index (χ0n) is 15.5. The predicted molar refractivity (Wildman–Crippen MR) is 116 cm³/mol. The second-order valence-electron chi connectivity index (χ2n) is 6.78. The molecule has 1 fully saturated rings. The molecule has 0 amide bonds. The molecule has 152 valence electrons. The minimum atomic E-state index is -3.68. The van der Waals surface area contributed by atoms with E-state index < -0.39 is 15.8 Å². The Kier molecular flexibility index (Phi) is 6.00. The fourth-order valence-corrected chi connectivity index (χ4v) is 6.06. The van der Waals surface area contributed by atoms with E-state index in [4.69, 9.17) is 4.98 Å². The Morgan fingerprint density at radius 2 is 1.83 bits per heavy atom. The first-order valence-corrected chi connectivity index (χ1v) is 12.2. The van der Waals surface area contributed by atoms with Gasteiger partial charge in [0.25, 0.3) is 0 Å². The lowest BCUT2D eigenvalue weighted by Gasteiger charge is -2.33. The van der Waals surface area contributed by atoms with Gasteiger partial charge in [0.05, 0.1) is 10.6 Å². The van der Waals surface area contributed by atoms with Crippen LogP contribution in [0.5, 0.6) is 0 Å². The third-order valence-corrected chi connectivity index (χ3v) is 8.10. The number of thiazole rings is 1. The summed E-state index contributed by atoms with van der Waals surface area (Å²) in [5, 5.41) is 2.95. The first kappa shape index (κ1) is 20.5. The summed E-state index contributed by atoms with van der Waals surface area (Å²) >= 11 is 5.06.